The van der Waals surface area contributed by atoms with Crippen molar-refractivity contribution in [2.75, 3.05) is 12.9 Å². The van der Waals surface area contributed by atoms with Crippen molar-refractivity contribution in [3.05, 3.63) is 29.8 Å². The van der Waals surface area contributed by atoms with Gasteiger partial charge in [0.1, 0.15) is 0 Å². The molecule has 0 heterocycles. The van der Waals surface area contributed by atoms with E-state index in [4.69, 9.17) is 5.11 Å². The normalized spacial score (nSPS) is 13.6. The first-order chi connectivity index (χ1) is 9.53. The van der Waals surface area contributed by atoms with Crippen LogP contribution in [0, 0.1) is 0 Å². The second-order valence-electron chi connectivity index (χ2n) is 5.04. The number of nitrogens with one attached hydrogen (secondary N) is 2. The van der Waals surface area contributed by atoms with Gasteiger partial charge in [-0.25, -0.2) is 4.79 Å². The fourth-order valence-electron chi connectivity index (χ4n) is 1.82. The molecule has 3 N–H and O–H groups in total. The number of amides is 2. The molecule has 0 spiro atoms. The summed E-state index contributed by atoms with van der Waals surface area (Å²) < 4.78 is 0. The van der Waals surface area contributed by atoms with Gasteiger partial charge < -0.3 is 15.7 Å². The SMILES string of the molecule is CCC(C)(CCO)NC(=O)NCc1ccc(SC)cc1. The molecule has 1 aromatic rings. The van der Waals surface area contributed by atoms with Crippen molar-refractivity contribution in [1.82, 2.24) is 10.6 Å². The highest BCUT2D eigenvalue weighted by Gasteiger charge is 2.23. The summed E-state index contributed by atoms with van der Waals surface area (Å²) in [5.41, 5.74) is 0.708. The minimum Gasteiger partial charge on any atom is -0.396 e. The van der Waals surface area contributed by atoms with Crippen molar-refractivity contribution in [3.8, 4) is 0 Å². The molecule has 20 heavy (non-hydrogen) atoms. The number of urea groups is 1. The lowest BCUT2D eigenvalue weighted by Gasteiger charge is -2.29. The topological polar surface area (TPSA) is 61.4 Å². The smallest absolute Gasteiger partial charge is 0.315 e. The zero-order chi connectivity index (χ0) is 15.0. The Balaban J connectivity index is 2.45. The predicted molar refractivity (Wildman–Crippen MR) is 84.0 cm³/mol. The van der Waals surface area contributed by atoms with Crippen LogP contribution in [0.2, 0.25) is 0 Å². The van der Waals surface area contributed by atoms with Crippen LogP contribution < -0.4 is 10.6 Å². The summed E-state index contributed by atoms with van der Waals surface area (Å²) in [5.74, 6) is 0. The van der Waals surface area contributed by atoms with E-state index < -0.39 is 0 Å². The molecule has 1 atom stereocenters. The van der Waals surface area contributed by atoms with E-state index >= 15 is 0 Å². The molecule has 0 saturated carbocycles. The number of carbonyl (C=O) groups is 1. The third kappa shape index (κ3) is 5.43. The van der Waals surface area contributed by atoms with Gasteiger partial charge in [0, 0.05) is 23.6 Å². The molecule has 0 bridgehead atoms. The predicted octanol–water partition coefficient (Wildman–Crippen LogP) is 2.76. The molecule has 1 unspecified atom stereocenters. The van der Waals surface area contributed by atoms with E-state index in [0.29, 0.717) is 13.0 Å². The molecule has 2 amide bonds. The highest BCUT2D eigenvalue weighted by molar-refractivity contribution is 7.98. The molecular formula is C15H24N2O2S. The number of aliphatic hydroxyl groups excluding tert-OH is 1. The highest BCUT2D eigenvalue weighted by Crippen LogP contribution is 2.15. The van der Waals surface area contributed by atoms with Crippen LogP contribution in [-0.2, 0) is 6.54 Å². The third-order valence-electron chi connectivity index (χ3n) is 3.47. The van der Waals surface area contributed by atoms with E-state index in [1.165, 1.54) is 4.90 Å². The zero-order valence-corrected chi connectivity index (χ0v) is 13.2. The Morgan fingerprint density at radius 3 is 2.50 bits per heavy atom. The summed E-state index contributed by atoms with van der Waals surface area (Å²) in [7, 11) is 0. The Labute approximate surface area is 125 Å². The maximum absolute atomic E-state index is 11.9. The maximum Gasteiger partial charge on any atom is 0.315 e. The summed E-state index contributed by atoms with van der Waals surface area (Å²) in [6.45, 7) is 4.51. The Bertz CT molecular complexity index is 422. The van der Waals surface area contributed by atoms with Crippen LogP contribution in [0.1, 0.15) is 32.3 Å². The molecule has 0 aliphatic rings. The van der Waals surface area contributed by atoms with Crippen LogP contribution in [0.25, 0.3) is 0 Å². The van der Waals surface area contributed by atoms with E-state index in [9.17, 15) is 4.79 Å². The minimum absolute atomic E-state index is 0.0702. The molecule has 0 aliphatic carbocycles. The number of aliphatic hydroxyl groups is 1. The summed E-state index contributed by atoms with van der Waals surface area (Å²) >= 11 is 1.69. The van der Waals surface area contributed by atoms with Crippen molar-refractivity contribution < 1.29 is 9.90 Å². The van der Waals surface area contributed by atoms with Crippen LogP contribution in [0.15, 0.2) is 29.2 Å². The number of hydrogen-bond acceptors (Lipinski definition) is 3. The molecular weight excluding hydrogens is 272 g/mol. The molecule has 4 nitrogen and oxygen atoms in total. The summed E-state index contributed by atoms with van der Waals surface area (Å²) in [6.07, 6.45) is 3.37. The average Bonchev–Trinajstić information content (AvgIpc) is 2.46. The van der Waals surface area contributed by atoms with E-state index in [1.54, 1.807) is 11.8 Å². The van der Waals surface area contributed by atoms with Crippen molar-refractivity contribution in [1.29, 1.82) is 0 Å². The van der Waals surface area contributed by atoms with Gasteiger partial charge in [-0.15, -0.1) is 11.8 Å². The van der Waals surface area contributed by atoms with Crippen molar-refractivity contribution >= 4 is 17.8 Å². The lowest BCUT2D eigenvalue weighted by molar-refractivity contribution is 0.200. The van der Waals surface area contributed by atoms with Gasteiger partial charge in [-0.1, -0.05) is 19.1 Å². The number of thioether (sulfide) groups is 1. The Kier molecular flexibility index (Phi) is 6.88. The van der Waals surface area contributed by atoms with Crippen LogP contribution >= 0.6 is 11.8 Å². The molecule has 0 aliphatic heterocycles. The molecule has 0 radical (unpaired) electrons. The summed E-state index contributed by atoms with van der Waals surface area (Å²) in [5, 5.41) is 14.8. The molecule has 5 heteroatoms. The van der Waals surface area contributed by atoms with Crippen molar-refractivity contribution in [3.63, 3.8) is 0 Å². The molecule has 0 fully saturated rings. The molecule has 1 aromatic carbocycles. The zero-order valence-electron chi connectivity index (χ0n) is 12.4. The lowest BCUT2D eigenvalue weighted by Crippen LogP contribution is -2.50. The second kappa shape index (κ2) is 8.17. The van der Waals surface area contributed by atoms with Gasteiger partial charge in [0.05, 0.1) is 0 Å². The first-order valence-electron chi connectivity index (χ1n) is 6.83. The van der Waals surface area contributed by atoms with Crippen LogP contribution in [0.4, 0.5) is 4.79 Å². The van der Waals surface area contributed by atoms with E-state index in [1.807, 2.05) is 44.4 Å². The fourth-order valence-corrected chi connectivity index (χ4v) is 2.23. The number of rotatable bonds is 7. The Morgan fingerprint density at radius 1 is 1.35 bits per heavy atom. The van der Waals surface area contributed by atoms with Crippen LogP contribution in [0.3, 0.4) is 0 Å². The summed E-state index contributed by atoms with van der Waals surface area (Å²) in [4.78, 5) is 13.1. The minimum atomic E-state index is -0.360. The number of carbonyl (C=O) groups excluding carboxylic acids is 1. The Hall–Kier alpha value is -1.20. The average molecular weight is 296 g/mol. The number of benzene rings is 1. The van der Waals surface area contributed by atoms with Crippen molar-refractivity contribution in [2.24, 2.45) is 0 Å². The second-order valence-corrected chi connectivity index (χ2v) is 5.92. The number of hydrogen-bond donors (Lipinski definition) is 3. The lowest BCUT2D eigenvalue weighted by atomic mass is 9.95. The van der Waals surface area contributed by atoms with Gasteiger partial charge in [-0.3, -0.25) is 0 Å². The van der Waals surface area contributed by atoms with Crippen molar-refractivity contribution in [2.45, 2.75) is 43.7 Å². The van der Waals surface area contributed by atoms with Gasteiger partial charge >= 0.3 is 6.03 Å². The first kappa shape index (κ1) is 16.9. The van der Waals surface area contributed by atoms with Gasteiger partial charge in [0.15, 0.2) is 0 Å². The fraction of sp³-hybridized carbons (Fsp3) is 0.533. The van der Waals surface area contributed by atoms with Gasteiger partial charge in [0.2, 0.25) is 0 Å². The van der Waals surface area contributed by atoms with Crippen LogP contribution in [-0.4, -0.2) is 29.5 Å². The highest BCUT2D eigenvalue weighted by atomic mass is 32.2. The van der Waals surface area contributed by atoms with Crippen LogP contribution in [0.5, 0.6) is 0 Å². The Morgan fingerprint density at radius 2 is 2.00 bits per heavy atom. The summed E-state index contributed by atoms with van der Waals surface area (Å²) in [6, 6.07) is 7.91. The molecule has 112 valence electrons. The standard InChI is InChI=1S/C15H24N2O2S/c1-4-15(2,9-10-18)17-14(19)16-11-12-5-7-13(20-3)8-6-12/h5-8,18H,4,9-11H2,1-3H3,(H2,16,17,19). The van der Waals surface area contributed by atoms with E-state index in [2.05, 4.69) is 10.6 Å². The van der Waals surface area contributed by atoms with E-state index in [-0.39, 0.29) is 18.2 Å². The molecule has 1 rings (SSSR count). The maximum atomic E-state index is 11.9. The quantitative estimate of drug-likeness (QED) is 0.678. The molecule has 0 aromatic heterocycles. The molecule has 0 saturated heterocycles. The first-order valence-corrected chi connectivity index (χ1v) is 8.05. The van der Waals surface area contributed by atoms with Gasteiger partial charge in [-0.2, -0.15) is 0 Å². The largest absolute Gasteiger partial charge is 0.396 e. The van der Waals surface area contributed by atoms with Gasteiger partial charge in [0.25, 0.3) is 0 Å². The third-order valence-corrected chi connectivity index (χ3v) is 4.21. The van der Waals surface area contributed by atoms with E-state index in [0.717, 1.165) is 12.0 Å². The monoisotopic (exact) mass is 296 g/mol. The van der Waals surface area contributed by atoms with Gasteiger partial charge in [-0.05, 0) is 43.7 Å².